The van der Waals surface area contributed by atoms with Gasteiger partial charge in [0.2, 0.25) is 5.91 Å². The average molecular weight is 587 g/mol. The number of hydrogen-bond acceptors (Lipinski definition) is 6. The van der Waals surface area contributed by atoms with Crippen LogP contribution in [0.15, 0.2) is 42.5 Å². The van der Waals surface area contributed by atoms with Crippen LogP contribution in [0.1, 0.15) is 81.9 Å². The number of carbonyl (C=O) groups is 2. The smallest absolute Gasteiger partial charge is 0.308 e. The maximum Gasteiger partial charge on any atom is 0.308 e. The summed E-state index contributed by atoms with van der Waals surface area (Å²) in [4.78, 5) is 30.6. The molecular weight excluding hydrogens is 540 g/mol. The molecule has 230 valence electrons. The number of aliphatic hydroxyl groups is 1. The number of rotatable bonds is 11. The molecular formula is C36H46N2O5. The SMILES string of the molecule is CCN(C(=O)CCCCCc1ccccc1)[C@@H]1CC[C@H]2[C@H]3Cc4ccc(OC(C)=O)c5c4[C@@]2(CCN3CC2CC2O)[C@H]1O5. The number of ether oxygens (including phenoxy) is 2. The monoisotopic (exact) mass is 586 g/mol. The van der Waals surface area contributed by atoms with Crippen molar-refractivity contribution in [2.75, 3.05) is 19.6 Å². The number of aliphatic hydroxyl groups excluding tert-OH is 1. The van der Waals surface area contributed by atoms with E-state index in [2.05, 4.69) is 53.1 Å². The van der Waals surface area contributed by atoms with Gasteiger partial charge in [0.1, 0.15) is 6.10 Å². The van der Waals surface area contributed by atoms with Gasteiger partial charge >= 0.3 is 5.97 Å². The predicted molar refractivity (Wildman–Crippen MR) is 164 cm³/mol. The first-order valence-corrected chi connectivity index (χ1v) is 16.7. The molecule has 7 nitrogen and oxygen atoms in total. The van der Waals surface area contributed by atoms with Gasteiger partial charge in [0.05, 0.1) is 12.1 Å². The number of esters is 1. The Bertz CT molecular complexity index is 1360. The summed E-state index contributed by atoms with van der Waals surface area (Å²) in [5, 5.41) is 10.1. The molecule has 1 amide bonds. The van der Waals surface area contributed by atoms with Crippen LogP contribution >= 0.6 is 0 Å². The third kappa shape index (κ3) is 5.06. The molecule has 3 aliphatic carbocycles. The molecule has 0 radical (unpaired) electrons. The quantitative estimate of drug-likeness (QED) is 0.226. The van der Waals surface area contributed by atoms with Gasteiger partial charge in [-0.05, 0) is 87.9 Å². The summed E-state index contributed by atoms with van der Waals surface area (Å²) in [6.07, 6.45) is 9.18. The van der Waals surface area contributed by atoms with Gasteiger partial charge in [0.25, 0.3) is 0 Å². The Balaban J connectivity index is 1.12. The standard InChI is InChI=1S/C36H46N2O5/c1-3-38(32(41)13-9-5-8-12-24-10-6-4-7-11-24)28-16-15-27-29-20-25-14-17-31(42-23(2)39)34-33(25)36(27,35(28)43-34)18-19-37(29)22-26-21-30(26)40/h4,6-7,10-11,14,17,26-30,35,40H,3,5,8-9,12-13,15-16,18-22H2,1-2H3/t26?,27-,28+,29+,30?,35-,36-/m0/s1. The Morgan fingerprint density at radius 1 is 1.12 bits per heavy atom. The second-order valence-corrected chi connectivity index (χ2v) is 13.7. The minimum absolute atomic E-state index is 0.000879. The lowest BCUT2D eigenvalue weighted by Gasteiger charge is -2.60. The lowest BCUT2D eigenvalue weighted by Crippen LogP contribution is -2.69. The second kappa shape index (κ2) is 11.6. The minimum Gasteiger partial charge on any atom is -0.483 e. The molecule has 2 aromatic rings. The molecule has 2 saturated carbocycles. The zero-order chi connectivity index (χ0) is 29.7. The van der Waals surface area contributed by atoms with Gasteiger partial charge in [-0.25, -0.2) is 0 Å². The molecule has 2 bridgehead atoms. The Morgan fingerprint density at radius 3 is 2.67 bits per heavy atom. The molecule has 0 aromatic heterocycles. The first-order chi connectivity index (χ1) is 20.9. The number of unbranched alkanes of at least 4 members (excludes halogenated alkanes) is 2. The van der Waals surface area contributed by atoms with Crippen molar-refractivity contribution in [1.29, 1.82) is 0 Å². The van der Waals surface area contributed by atoms with Crippen LogP contribution in [0.5, 0.6) is 11.5 Å². The number of piperidine rings is 1. The fourth-order valence-corrected chi connectivity index (χ4v) is 9.26. The van der Waals surface area contributed by atoms with E-state index in [1.165, 1.54) is 23.6 Å². The van der Waals surface area contributed by atoms with Crippen molar-refractivity contribution in [3.8, 4) is 11.5 Å². The molecule has 3 fully saturated rings. The summed E-state index contributed by atoms with van der Waals surface area (Å²) in [5.74, 6) is 1.96. The first-order valence-electron chi connectivity index (χ1n) is 16.7. The summed E-state index contributed by atoms with van der Waals surface area (Å²) < 4.78 is 12.7. The van der Waals surface area contributed by atoms with E-state index in [-0.39, 0.29) is 35.5 Å². The summed E-state index contributed by atoms with van der Waals surface area (Å²) in [7, 11) is 0. The summed E-state index contributed by atoms with van der Waals surface area (Å²) in [5.41, 5.74) is 3.71. The minimum atomic E-state index is -0.343. The van der Waals surface area contributed by atoms with Crippen molar-refractivity contribution in [2.45, 2.75) is 108 Å². The average Bonchev–Trinajstić information content (AvgIpc) is 3.58. The van der Waals surface area contributed by atoms with Gasteiger partial charge < -0.3 is 19.5 Å². The third-order valence-electron chi connectivity index (χ3n) is 11.3. The normalized spacial score (nSPS) is 31.6. The predicted octanol–water partition coefficient (Wildman–Crippen LogP) is 5.05. The van der Waals surface area contributed by atoms with Gasteiger partial charge in [-0.15, -0.1) is 0 Å². The zero-order valence-electron chi connectivity index (χ0n) is 25.7. The maximum atomic E-state index is 13.8. The van der Waals surface area contributed by atoms with Crippen LogP contribution in [0.25, 0.3) is 0 Å². The highest BCUT2D eigenvalue weighted by molar-refractivity contribution is 5.77. The maximum absolute atomic E-state index is 13.8. The van der Waals surface area contributed by atoms with Gasteiger partial charge in [0, 0.05) is 49.4 Å². The highest BCUT2D eigenvalue weighted by Gasteiger charge is 2.67. The zero-order valence-corrected chi connectivity index (χ0v) is 25.7. The van der Waals surface area contributed by atoms with Gasteiger partial charge in [-0.3, -0.25) is 14.5 Å². The van der Waals surface area contributed by atoms with Crippen LogP contribution in [-0.2, 0) is 27.8 Å². The number of benzene rings is 2. The van der Waals surface area contributed by atoms with Crippen molar-refractivity contribution in [3.63, 3.8) is 0 Å². The number of amides is 1. The Kier molecular flexibility index (Phi) is 7.75. The number of hydrogen-bond donors (Lipinski definition) is 1. The van der Waals surface area contributed by atoms with E-state index in [0.717, 1.165) is 76.6 Å². The molecule has 1 saturated heterocycles. The van der Waals surface area contributed by atoms with E-state index in [0.29, 0.717) is 36.6 Å². The van der Waals surface area contributed by atoms with Crippen LogP contribution in [0.3, 0.4) is 0 Å². The van der Waals surface area contributed by atoms with E-state index in [1.54, 1.807) is 0 Å². The van der Waals surface area contributed by atoms with Crippen molar-refractivity contribution in [1.82, 2.24) is 9.80 Å². The van der Waals surface area contributed by atoms with Crippen LogP contribution in [0.4, 0.5) is 0 Å². The van der Waals surface area contributed by atoms with Crippen molar-refractivity contribution < 1.29 is 24.2 Å². The molecule has 43 heavy (non-hydrogen) atoms. The Labute approximate surface area is 255 Å². The van der Waals surface area contributed by atoms with Crippen LogP contribution < -0.4 is 9.47 Å². The fourth-order valence-electron chi connectivity index (χ4n) is 9.26. The molecule has 7 rings (SSSR count). The molecule has 7 atom stereocenters. The lowest BCUT2D eigenvalue weighted by atomic mass is 9.51. The summed E-state index contributed by atoms with van der Waals surface area (Å²) >= 11 is 0. The van der Waals surface area contributed by atoms with Gasteiger partial charge in [0.15, 0.2) is 11.5 Å². The van der Waals surface area contributed by atoms with Crippen molar-refractivity contribution >= 4 is 11.9 Å². The van der Waals surface area contributed by atoms with Crippen LogP contribution in [-0.4, -0.2) is 70.7 Å². The highest BCUT2D eigenvalue weighted by atomic mass is 16.6. The largest absolute Gasteiger partial charge is 0.483 e. The van der Waals surface area contributed by atoms with Crippen LogP contribution in [0.2, 0.25) is 0 Å². The van der Waals surface area contributed by atoms with E-state index in [4.69, 9.17) is 9.47 Å². The molecule has 2 heterocycles. The molecule has 2 aromatic carbocycles. The Hall–Kier alpha value is -2.90. The van der Waals surface area contributed by atoms with Gasteiger partial charge in [-0.1, -0.05) is 42.8 Å². The molecule has 2 aliphatic heterocycles. The molecule has 5 aliphatic rings. The fraction of sp³-hybridized carbons (Fsp3) is 0.611. The van der Waals surface area contributed by atoms with Crippen molar-refractivity contribution in [3.05, 3.63) is 59.2 Å². The van der Waals surface area contributed by atoms with E-state index in [9.17, 15) is 14.7 Å². The second-order valence-electron chi connectivity index (χ2n) is 13.7. The third-order valence-corrected chi connectivity index (χ3v) is 11.3. The number of likely N-dealkylation sites (tertiary alicyclic amines) is 1. The molecule has 2 unspecified atom stereocenters. The van der Waals surface area contributed by atoms with E-state index in [1.807, 2.05) is 6.07 Å². The number of aryl methyl sites for hydroxylation is 1. The van der Waals surface area contributed by atoms with Gasteiger partial charge in [-0.2, -0.15) is 0 Å². The topological polar surface area (TPSA) is 79.3 Å². The number of carbonyl (C=O) groups excluding carboxylic acids is 2. The molecule has 7 heteroatoms. The number of likely N-dealkylation sites (N-methyl/N-ethyl adjacent to an activating group) is 1. The summed E-state index contributed by atoms with van der Waals surface area (Å²) in [6.45, 7) is 6.14. The van der Waals surface area contributed by atoms with E-state index < -0.39 is 0 Å². The molecule has 1 spiro atoms. The molecule has 1 N–H and O–H groups in total. The number of nitrogens with zero attached hydrogens (tertiary/aromatic N) is 2. The summed E-state index contributed by atoms with van der Waals surface area (Å²) in [6, 6.07) is 15.0. The van der Waals surface area contributed by atoms with E-state index >= 15 is 0 Å². The highest BCUT2D eigenvalue weighted by Crippen LogP contribution is 2.64. The first kappa shape index (κ1) is 28.8. The lowest BCUT2D eigenvalue weighted by molar-refractivity contribution is -0.142. The van der Waals surface area contributed by atoms with Crippen LogP contribution in [0, 0.1) is 11.8 Å². The Morgan fingerprint density at radius 2 is 1.93 bits per heavy atom. The van der Waals surface area contributed by atoms with Crippen molar-refractivity contribution in [2.24, 2.45) is 11.8 Å².